The molecule has 2 rings (SSSR count). The van der Waals surface area contributed by atoms with Crippen molar-refractivity contribution in [1.29, 1.82) is 0 Å². The van der Waals surface area contributed by atoms with Crippen molar-refractivity contribution >= 4 is 16.2 Å². The van der Waals surface area contributed by atoms with Crippen LogP contribution in [0.2, 0.25) is 0 Å². The number of nitrogens with zero attached hydrogens (tertiary/aromatic N) is 2. The van der Waals surface area contributed by atoms with E-state index in [0.29, 0.717) is 25.9 Å². The minimum atomic E-state index is -3.51. The number of likely N-dealkylation sites (tertiary alicyclic amines) is 1. The molecule has 152 valence electrons. The Morgan fingerprint density at radius 3 is 2.44 bits per heavy atom. The van der Waals surface area contributed by atoms with Crippen LogP contribution in [0.4, 0.5) is 4.79 Å². The molecule has 8 nitrogen and oxygen atoms in total. The average Bonchev–Trinajstić information content (AvgIpc) is 2.58. The lowest BCUT2D eigenvalue weighted by atomic mass is 9.85. The fourth-order valence-electron chi connectivity index (χ4n) is 2.95. The highest BCUT2D eigenvalue weighted by Gasteiger charge is 2.39. The molecule has 0 saturated carbocycles. The van der Waals surface area contributed by atoms with E-state index in [9.17, 15) is 13.2 Å². The second-order valence-corrected chi connectivity index (χ2v) is 9.22. The van der Waals surface area contributed by atoms with Gasteiger partial charge in [-0.25, -0.2) is 4.79 Å². The van der Waals surface area contributed by atoms with Gasteiger partial charge in [-0.1, -0.05) is 6.07 Å². The van der Waals surface area contributed by atoms with Gasteiger partial charge in [-0.2, -0.15) is 8.42 Å². The van der Waals surface area contributed by atoms with Crippen LogP contribution in [-0.2, 0) is 29.4 Å². The van der Waals surface area contributed by atoms with Crippen molar-refractivity contribution in [1.82, 2.24) is 9.88 Å². The van der Waals surface area contributed by atoms with Crippen LogP contribution in [0.15, 0.2) is 24.5 Å². The summed E-state index contributed by atoms with van der Waals surface area (Å²) >= 11 is 0. The van der Waals surface area contributed by atoms with Crippen LogP contribution in [0, 0.1) is 0 Å². The fourth-order valence-corrected chi connectivity index (χ4v) is 3.32. The Morgan fingerprint density at radius 1 is 1.26 bits per heavy atom. The molecule has 0 atom stereocenters. The van der Waals surface area contributed by atoms with E-state index in [2.05, 4.69) is 4.98 Å². The van der Waals surface area contributed by atoms with Crippen LogP contribution >= 0.6 is 0 Å². The summed E-state index contributed by atoms with van der Waals surface area (Å²) in [7, 11) is -3.51. The van der Waals surface area contributed by atoms with E-state index in [4.69, 9.17) is 13.7 Å². The number of carbonyl (C=O) groups excluding carboxylic acids is 1. The van der Waals surface area contributed by atoms with Crippen LogP contribution in [0.3, 0.4) is 0 Å². The Kier molecular flexibility index (Phi) is 6.82. The van der Waals surface area contributed by atoms with Crippen molar-refractivity contribution in [2.75, 3.05) is 32.6 Å². The molecule has 1 amide bonds. The lowest BCUT2D eigenvalue weighted by Crippen LogP contribution is -2.48. The largest absolute Gasteiger partial charge is 0.444 e. The summed E-state index contributed by atoms with van der Waals surface area (Å²) in [5, 5.41) is 0. The van der Waals surface area contributed by atoms with Gasteiger partial charge in [-0.3, -0.25) is 9.17 Å². The Balaban J connectivity index is 2.04. The number of amides is 1. The highest BCUT2D eigenvalue weighted by atomic mass is 32.2. The third kappa shape index (κ3) is 6.75. The number of hydrogen-bond donors (Lipinski definition) is 0. The first-order valence-corrected chi connectivity index (χ1v) is 10.7. The van der Waals surface area contributed by atoms with Crippen molar-refractivity contribution in [3.05, 3.63) is 30.1 Å². The smallest absolute Gasteiger partial charge is 0.410 e. The molecule has 0 bridgehead atoms. The van der Waals surface area contributed by atoms with Gasteiger partial charge in [0.1, 0.15) is 5.60 Å². The first-order valence-electron chi connectivity index (χ1n) is 8.88. The molecule has 0 unspecified atom stereocenters. The van der Waals surface area contributed by atoms with Crippen LogP contribution in [0.25, 0.3) is 0 Å². The average molecular weight is 400 g/mol. The first kappa shape index (κ1) is 21.6. The van der Waals surface area contributed by atoms with Gasteiger partial charge in [0.05, 0.1) is 25.1 Å². The summed E-state index contributed by atoms with van der Waals surface area (Å²) in [6.07, 6.45) is 5.18. The molecule has 9 heteroatoms. The van der Waals surface area contributed by atoms with Crippen LogP contribution < -0.4 is 0 Å². The van der Waals surface area contributed by atoms with Gasteiger partial charge in [0.25, 0.3) is 10.1 Å². The number of piperidine rings is 1. The van der Waals surface area contributed by atoms with Gasteiger partial charge in [0.15, 0.2) is 0 Å². The predicted octanol–water partition coefficient (Wildman–Crippen LogP) is 2.30. The highest BCUT2D eigenvalue weighted by molar-refractivity contribution is 7.85. The summed E-state index contributed by atoms with van der Waals surface area (Å²) < 4.78 is 38.5. The second kappa shape index (κ2) is 8.53. The van der Waals surface area contributed by atoms with Crippen LogP contribution in [-0.4, -0.2) is 62.6 Å². The molecular weight excluding hydrogens is 372 g/mol. The number of ether oxygens (including phenoxy) is 2. The molecule has 1 aliphatic heterocycles. The summed E-state index contributed by atoms with van der Waals surface area (Å²) in [6, 6.07) is 3.75. The molecule has 0 radical (unpaired) electrons. The molecule has 0 aromatic carbocycles. The SMILES string of the molecule is CC(C)(C)OC(=O)N1CCC(OCCOS(C)(=O)=O)(c2cccnc2)CC1. The molecule has 27 heavy (non-hydrogen) atoms. The van der Waals surface area contributed by atoms with E-state index in [-0.39, 0.29) is 19.3 Å². The number of pyridine rings is 1. The molecule has 1 aliphatic rings. The van der Waals surface area contributed by atoms with Gasteiger partial charge in [0.2, 0.25) is 0 Å². The van der Waals surface area contributed by atoms with E-state index < -0.39 is 21.3 Å². The first-order chi connectivity index (χ1) is 12.5. The third-order valence-electron chi connectivity index (χ3n) is 4.17. The van der Waals surface area contributed by atoms with Crippen molar-refractivity contribution in [2.45, 2.75) is 44.8 Å². The number of aromatic nitrogens is 1. The van der Waals surface area contributed by atoms with Crippen LogP contribution in [0.5, 0.6) is 0 Å². The predicted molar refractivity (Wildman–Crippen MR) is 99.7 cm³/mol. The molecule has 1 aromatic heterocycles. The number of carbonyl (C=O) groups is 1. The van der Waals surface area contributed by atoms with E-state index in [1.165, 1.54) is 0 Å². The summed E-state index contributed by atoms with van der Waals surface area (Å²) in [6.45, 7) is 6.50. The minimum absolute atomic E-state index is 0.0589. The summed E-state index contributed by atoms with van der Waals surface area (Å²) in [5.41, 5.74) is -0.296. The quantitative estimate of drug-likeness (QED) is 0.534. The Morgan fingerprint density at radius 2 is 1.93 bits per heavy atom. The van der Waals surface area contributed by atoms with Gasteiger partial charge in [-0.15, -0.1) is 0 Å². The maximum atomic E-state index is 12.3. The monoisotopic (exact) mass is 400 g/mol. The lowest BCUT2D eigenvalue weighted by Gasteiger charge is -2.42. The molecule has 2 heterocycles. The van der Waals surface area contributed by atoms with Crippen LogP contribution in [0.1, 0.15) is 39.2 Å². The zero-order valence-electron chi connectivity index (χ0n) is 16.3. The maximum Gasteiger partial charge on any atom is 0.410 e. The highest BCUT2D eigenvalue weighted by Crippen LogP contribution is 2.36. The zero-order chi connectivity index (χ0) is 20.1. The van der Waals surface area contributed by atoms with Crippen molar-refractivity contribution in [3.8, 4) is 0 Å². The molecule has 1 fully saturated rings. The van der Waals surface area contributed by atoms with Gasteiger partial charge >= 0.3 is 6.09 Å². The van der Waals surface area contributed by atoms with Gasteiger partial charge < -0.3 is 14.4 Å². The van der Waals surface area contributed by atoms with E-state index in [1.54, 1.807) is 17.3 Å². The maximum absolute atomic E-state index is 12.3. The molecule has 1 aromatic rings. The Labute approximate surface area is 160 Å². The Hall–Kier alpha value is -1.71. The van der Waals surface area contributed by atoms with E-state index in [0.717, 1.165) is 11.8 Å². The molecular formula is C18H28N2O6S. The van der Waals surface area contributed by atoms with E-state index >= 15 is 0 Å². The summed E-state index contributed by atoms with van der Waals surface area (Å²) in [5.74, 6) is 0. The van der Waals surface area contributed by atoms with Crippen molar-refractivity contribution < 1.29 is 26.9 Å². The number of rotatable bonds is 6. The van der Waals surface area contributed by atoms with Gasteiger partial charge in [-0.05, 0) is 39.7 Å². The minimum Gasteiger partial charge on any atom is -0.444 e. The van der Waals surface area contributed by atoms with Crippen molar-refractivity contribution in [2.24, 2.45) is 0 Å². The zero-order valence-corrected chi connectivity index (χ0v) is 17.1. The molecule has 0 spiro atoms. The fraction of sp³-hybridized carbons (Fsp3) is 0.667. The normalized spacial score (nSPS) is 17.6. The van der Waals surface area contributed by atoms with E-state index in [1.807, 2.05) is 32.9 Å². The molecule has 0 aliphatic carbocycles. The third-order valence-corrected chi connectivity index (χ3v) is 4.76. The number of hydrogen-bond acceptors (Lipinski definition) is 7. The Bertz CT molecular complexity index is 722. The van der Waals surface area contributed by atoms with Gasteiger partial charge in [0, 0.05) is 31.0 Å². The lowest BCUT2D eigenvalue weighted by molar-refractivity contribution is -0.0963. The summed E-state index contributed by atoms with van der Waals surface area (Å²) in [4.78, 5) is 18.1. The standard InChI is InChI=1S/C18H28N2O6S/c1-17(2,3)26-16(21)20-10-7-18(8-11-20,15-6-5-9-19-14-15)24-12-13-25-27(4,22)23/h5-6,9,14H,7-8,10-13H2,1-4H3. The topological polar surface area (TPSA) is 95.0 Å². The molecule has 0 N–H and O–H groups in total. The van der Waals surface area contributed by atoms with Crippen molar-refractivity contribution in [3.63, 3.8) is 0 Å². The second-order valence-electron chi connectivity index (χ2n) is 7.58. The molecule has 1 saturated heterocycles.